The lowest BCUT2D eigenvalue weighted by Gasteiger charge is -2.18. The molecule has 6 nitrogen and oxygen atoms in total. The van der Waals surface area contributed by atoms with Crippen molar-refractivity contribution in [2.24, 2.45) is 0 Å². The van der Waals surface area contributed by atoms with Crippen LogP contribution in [0.1, 0.15) is 16.9 Å². The highest BCUT2D eigenvalue weighted by molar-refractivity contribution is 8.00. The number of aromatic nitrogens is 1. The van der Waals surface area contributed by atoms with Crippen LogP contribution in [0.25, 0.3) is 0 Å². The fraction of sp³-hybridized carbons (Fsp3) is 0.353. The molecule has 0 saturated heterocycles. The molecule has 1 aromatic heterocycles. The normalized spacial score (nSPS) is 10.5. The minimum absolute atomic E-state index is 0.0462. The quantitative estimate of drug-likeness (QED) is 0.869. The zero-order valence-electron chi connectivity index (χ0n) is 14.3. The molecule has 0 fully saturated rings. The second-order valence-electron chi connectivity index (χ2n) is 5.66. The Morgan fingerprint density at radius 1 is 1.12 bits per heavy atom. The third-order valence-electron chi connectivity index (χ3n) is 3.32. The van der Waals surface area contributed by atoms with Gasteiger partial charge in [0.15, 0.2) is 5.82 Å². The van der Waals surface area contributed by atoms with Crippen molar-refractivity contribution in [1.82, 2.24) is 5.16 Å². The summed E-state index contributed by atoms with van der Waals surface area (Å²) < 4.78 is 4.88. The number of anilines is 2. The summed E-state index contributed by atoms with van der Waals surface area (Å²) in [4.78, 5) is 25.7. The summed E-state index contributed by atoms with van der Waals surface area (Å²) in [7, 11) is 1.75. The van der Waals surface area contributed by atoms with Crippen molar-refractivity contribution in [2.45, 2.75) is 20.8 Å². The van der Waals surface area contributed by atoms with Gasteiger partial charge >= 0.3 is 0 Å². The van der Waals surface area contributed by atoms with Crippen molar-refractivity contribution < 1.29 is 14.1 Å². The minimum atomic E-state index is -0.213. The molecule has 2 amide bonds. The Morgan fingerprint density at radius 2 is 1.79 bits per heavy atom. The van der Waals surface area contributed by atoms with E-state index in [1.807, 2.05) is 26.0 Å². The highest BCUT2D eigenvalue weighted by Crippen LogP contribution is 2.18. The molecule has 24 heavy (non-hydrogen) atoms. The van der Waals surface area contributed by atoms with Gasteiger partial charge in [-0.3, -0.25) is 9.59 Å². The fourth-order valence-electron chi connectivity index (χ4n) is 2.22. The molecule has 1 aromatic carbocycles. The van der Waals surface area contributed by atoms with Crippen molar-refractivity contribution >= 4 is 35.1 Å². The molecule has 2 rings (SSSR count). The highest BCUT2D eigenvalue weighted by Gasteiger charge is 2.13. The molecule has 2 aromatic rings. The van der Waals surface area contributed by atoms with Crippen LogP contribution in [0.5, 0.6) is 0 Å². The van der Waals surface area contributed by atoms with Gasteiger partial charge in [-0.1, -0.05) is 11.2 Å². The van der Waals surface area contributed by atoms with E-state index in [1.165, 1.54) is 11.8 Å². The summed E-state index contributed by atoms with van der Waals surface area (Å²) >= 11 is 1.27. The average molecular weight is 347 g/mol. The van der Waals surface area contributed by atoms with Crippen LogP contribution in [0.4, 0.5) is 11.5 Å². The van der Waals surface area contributed by atoms with Crippen LogP contribution in [0, 0.1) is 20.8 Å². The maximum absolute atomic E-state index is 12.3. The molecular formula is C17H21N3O3S. The van der Waals surface area contributed by atoms with Gasteiger partial charge in [-0.05, 0) is 44.0 Å². The number of carbonyl (C=O) groups excluding carboxylic acids is 2. The maximum atomic E-state index is 12.3. The topological polar surface area (TPSA) is 75.4 Å². The molecule has 7 heteroatoms. The molecule has 0 spiro atoms. The van der Waals surface area contributed by atoms with Gasteiger partial charge in [0.2, 0.25) is 11.8 Å². The van der Waals surface area contributed by atoms with Gasteiger partial charge in [-0.25, -0.2) is 0 Å². The Kier molecular flexibility index (Phi) is 6.03. The molecular weight excluding hydrogens is 326 g/mol. The summed E-state index contributed by atoms with van der Waals surface area (Å²) in [6, 6.07) is 7.64. The number of carbonyl (C=O) groups is 2. The van der Waals surface area contributed by atoms with Crippen LogP contribution in [0.15, 0.2) is 28.8 Å². The number of aryl methyl sites for hydroxylation is 3. The van der Waals surface area contributed by atoms with E-state index in [1.54, 1.807) is 24.9 Å². The summed E-state index contributed by atoms with van der Waals surface area (Å²) in [6.45, 7) is 5.75. The lowest BCUT2D eigenvalue weighted by atomic mass is 10.1. The van der Waals surface area contributed by atoms with Crippen molar-refractivity contribution in [3.8, 4) is 0 Å². The molecule has 0 atom stereocenters. The number of amides is 2. The van der Waals surface area contributed by atoms with Crippen LogP contribution in [-0.2, 0) is 9.59 Å². The van der Waals surface area contributed by atoms with E-state index in [0.29, 0.717) is 11.6 Å². The summed E-state index contributed by atoms with van der Waals surface area (Å²) in [5, 5.41) is 6.31. The number of thioether (sulfide) groups is 1. The average Bonchev–Trinajstić information content (AvgIpc) is 2.90. The molecule has 1 heterocycles. The van der Waals surface area contributed by atoms with Gasteiger partial charge < -0.3 is 14.7 Å². The van der Waals surface area contributed by atoms with Crippen LogP contribution < -0.4 is 10.2 Å². The Balaban J connectivity index is 1.80. The maximum Gasteiger partial charge on any atom is 0.236 e. The smallest absolute Gasteiger partial charge is 0.236 e. The number of hydrogen-bond acceptors (Lipinski definition) is 5. The molecule has 0 radical (unpaired) electrons. The summed E-state index contributed by atoms with van der Waals surface area (Å²) in [6.07, 6.45) is 0. The van der Waals surface area contributed by atoms with E-state index in [9.17, 15) is 9.59 Å². The standard InChI is InChI=1S/C17H21N3O3S/c1-11-5-12(2)7-14(6-11)20(4)17(22)10-24-9-16(21)18-15-8-13(3)23-19-15/h5-8H,9-10H2,1-4H3,(H,18,19,21). The Morgan fingerprint density at radius 3 is 2.38 bits per heavy atom. The van der Waals surface area contributed by atoms with E-state index in [2.05, 4.69) is 16.5 Å². The number of nitrogens with one attached hydrogen (secondary N) is 1. The molecule has 128 valence electrons. The second-order valence-corrected chi connectivity index (χ2v) is 6.65. The minimum Gasteiger partial charge on any atom is -0.360 e. The lowest BCUT2D eigenvalue weighted by molar-refractivity contribution is -0.115. The number of rotatable bonds is 6. The van der Waals surface area contributed by atoms with Crippen molar-refractivity contribution in [2.75, 3.05) is 28.8 Å². The number of nitrogens with zero attached hydrogens (tertiary/aromatic N) is 2. The van der Waals surface area contributed by atoms with Crippen LogP contribution in [0.3, 0.4) is 0 Å². The third kappa shape index (κ3) is 5.13. The van der Waals surface area contributed by atoms with E-state index in [0.717, 1.165) is 16.8 Å². The Labute approximate surface area is 145 Å². The largest absolute Gasteiger partial charge is 0.360 e. The molecule has 0 unspecified atom stereocenters. The van der Waals surface area contributed by atoms with Crippen LogP contribution >= 0.6 is 11.8 Å². The van der Waals surface area contributed by atoms with Gasteiger partial charge in [-0.15, -0.1) is 11.8 Å². The van der Waals surface area contributed by atoms with Gasteiger partial charge in [0.05, 0.1) is 11.5 Å². The first-order valence-electron chi connectivity index (χ1n) is 7.51. The van der Waals surface area contributed by atoms with Crippen LogP contribution in [-0.4, -0.2) is 35.5 Å². The molecule has 0 aliphatic carbocycles. The summed E-state index contributed by atoms with van der Waals surface area (Å²) in [5.41, 5.74) is 3.08. The first-order chi connectivity index (χ1) is 11.3. The summed E-state index contributed by atoms with van der Waals surface area (Å²) in [5.74, 6) is 1.16. The van der Waals surface area contributed by atoms with Crippen LogP contribution in [0.2, 0.25) is 0 Å². The SMILES string of the molecule is Cc1cc(C)cc(N(C)C(=O)CSCC(=O)Nc2cc(C)on2)c1. The predicted molar refractivity (Wildman–Crippen MR) is 96.5 cm³/mol. The zero-order chi connectivity index (χ0) is 17.7. The van der Waals surface area contributed by atoms with Gasteiger partial charge in [0.25, 0.3) is 0 Å². The highest BCUT2D eigenvalue weighted by atomic mass is 32.2. The number of benzene rings is 1. The van der Waals surface area contributed by atoms with E-state index in [4.69, 9.17) is 4.52 Å². The first kappa shape index (κ1) is 18.1. The molecule has 1 N–H and O–H groups in total. The molecule has 0 saturated carbocycles. The first-order valence-corrected chi connectivity index (χ1v) is 8.66. The van der Waals surface area contributed by atoms with Crippen molar-refractivity contribution in [3.63, 3.8) is 0 Å². The predicted octanol–water partition coefficient (Wildman–Crippen LogP) is 2.93. The lowest BCUT2D eigenvalue weighted by Crippen LogP contribution is -2.28. The monoisotopic (exact) mass is 347 g/mol. The van der Waals surface area contributed by atoms with E-state index >= 15 is 0 Å². The molecule has 0 aliphatic heterocycles. The van der Waals surface area contributed by atoms with Crippen molar-refractivity contribution in [1.29, 1.82) is 0 Å². The molecule has 0 bridgehead atoms. The number of hydrogen-bond donors (Lipinski definition) is 1. The van der Waals surface area contributed by atoms with Crippen molar-refractivity contribution in [3.05, 3.63) is 41.2 Å². The van der Waals surface area contributed by atoms with Gasteiger partial charge in [-0.2, -0.15) is 0 Å². The Bertz CT molecular complexity index is 722. The Hall–Kier alpha value is -2.28. The zero-order valence-corrected chi connectivity index (χ0v) is 15.1. The van der Waals surface area contributed by atoms with E-state index < -0.39 is 0 Å². The van der Waals surface area contributed by atoms with Gasteiger partial charge in [0, 0.05) is 18.8 Å². The fourth-order valence-corrected chi connectivity index (χ4v) is 2.95. The van der Waals surface area contributed by atoms with E-state index in [-0.39, 0.29) is 23.3 Å². The third-order valence-corrected chi connectivity index (χ3v) is 4.24. The molecule has 0 aliphatic rings. The second kappa shape index (κ2) is 8.01. The van der Waals surface area contributed by atoms with Gasteiger partial charge in [0.1, 0.15) is 5.76 Å².